The summed E-state index contributed by atoms with van der Waals surface area (Å²) >= 11 is 4.01. The summed E-state index contributed by atoms with van der Waals surface area (Å²) in [5.74, 6) is 6.51. The van der Waals surface area contributed by atoms with Gasteiger partial charge in [-0.1, -0.05) is 17.9 Å². The maximum absolute atomic E-state index is 11.1. The van der Waals surface area contributed by atoms with Crippen LogP contribution in [0.15, 0.2) is 18.2 Å². The number of carbonyl (C=O) groups is 1. The number of benzene rings is 1. The fourth-order valence-corrected chi connectivity index (χ4v) is 1.24. The molecule has 1 aromatic carbocycles. The van der Waals surface area contributed by atoms with Crippen LogP contribution in [0.2, 0.25) is 0 Å². The number of rotatable bonds is 1. The van der Waals surface area contributed by atoms with Crippen molar-refractivity contribution in [3.05, 3.63) is 34.9 Å². The number of hydrogen-bond acceptors (Lipinski definition) is 2. The van der Waals surface area contributed by atoms with Crippen molar-refractivity contribution in [2.75, 3.05) is 5.75 Å². The van der Waals surface area contributed by atoms with E-state index in [0.29, 0.717) is 5.75 Å². The van der Waals surface area contributed by atoms with Crippen molar-refractivity contribution in [3.63, 3.8) is 0 Å². The van der Waals surface area contributed by atoms with E-state index >= 15 is 0 Å². The predicted octanol–water partition coefficient (Wildman–Crippen LogP) is 2.48. The molecular weight excluding hydrogens is 192 g/mol. The lowest BCUT2D eigenvalue weighted by atomic mass is 10.0. The molecule has 0 aromatic heterocycles. The van der Waals surface area contributed by atoms with Crippen LogP contribution in [0.3, 0.4) is 0 Å². The van der Waals surface area contributed by atoms with Crippen molar-refractivity contribution in [2.45, 2.75) is 13.8 Å². The van der Waals surface area contributed by atoms with Gasteiger partial charge in [-0.15, -0.1) is 0 Å². The van der Waals surface area contributed by atoms with E-state index in [-0.39, 0.29) is 5.78 Å². The van der Waals surface area contributed by atoms with Gasteiger partial charge in [0.2, 0.25) is 0 Å². The monoisotopic (exact) mass is 204 g/mol. The number of Topliss-reactive ketones (excluding diaryl/α,β-unsaturated/α-hetero) is 1. The Kier molecular flexibility index (Phi) is 3.79. The highest BCUT2D eigenvalue weighted by molar-refractivity contribution is 7.80. The molecule has 0 unspecified atom stereocenters. The highest BCUT2D eigenvalue weighted by Crippen LogP contribution is 2.10. The van der Waals surface area contributed by atoms with E-state index in [1.807, 2.05) is 19.1 Å². The van der Waals surface area contributed by atoms with Crippen LogP contribution in [0.1, 0.15) is 28.4 Å². The van der Waals surface area contributed by atoms with E-state index in [9.17, 15) is 4.79 Å². The second-order valence-corrected chi connectivity index (χ2v) is 3.36. The zero-order valence-electron chi connectivity index (χ0n) is 8.29. The second kappa shape index (κ2) is 4.88. The first-order valence-electron chi connectivity index (χ1n) is 4.36. The molecule has 0 saturated carbocycles. The molecule has 0 atom stereocenters. The largest absolute Gasteiger partial charge is 0.295 e. The number of thiol groups is 1. The first kappa shape index (κ1) is 10.9. The Labute approximate surface area is 89.9 Å². The summed E-state index contributed by atoms with van der Waals surface area (Å²) in [6.45, 7) is 3.52. The van der Waals surface area contributed by atoms with Gasteiger partial charge in [-0.25, -0.2) is 0 Å². The molecule has 0 radical (unpaired) electrons. The zero-order valence-corrected chi connectivity index (χ0v) is 9.19. The quantitative estimate of drug-likeness (QED) is 0.422. The topological polar surface area (TPSA) is 17.1 Å². The summed E-state index contributed by atoms with van der Waals surface area (Å²) in [4.78, 5) is 11.1. The minimum Gasteiger partial charge on any atom is -0.295 e. The van der Waals surface area contributed by atoms with Crippen LogP contribution in [0.25, 0.3) is 0 Å². The average Bonchev–Trinajstić information content (AvgIpc) is 2.15. The van der Waals surface area contributed by atoms with Crippen LogP contribution < -0.4 is 0 Å². The van der Waals surface area contributed by atoms with E-state index in [4.69, 9.17) is 0 Å². The minimum atomic E-state index is 0.0850. The molecular formula is C12H12OS. The van der Waals surface area contributed by atoms with Crippen LogP contribution in [0.4, 0.5) is 0 Å². The molecule has 1 nitrogen and oxygen atoms in total. The van der Waals surface area contributed by atoms with Crippen molar-refractivity contribution in [3.8, 4) is 11.8 Å². The Morgan fingerprint density at radius 3 is 2.71 bits per heavy atom. The Hall–Kier alpha value is -1.20. The highest BCUT2D eigenvalue weighted by atomic mass is 32.1. The molecule has 2 heteroatoms. The Balaban J connectivity index is 3.07. The number of hydrogen-bond donors (Lipinski definition) is 1. The standard InChI is InChI=1S/C12H12OS/c1-9-8-12(10(2)13)6-5-11(9)4-3-7-14/h5-6,8,14H,7H2,1-2H3. The third kappa shape index (κ3) is 2.65. The van der Waals surface area contributed by atoms with Gasteiger partial charge in [0, 0.05) is 11.1 Å². The normalized spacial score (nSPS) is 9.07. The van der Waals surface area contributed by atoms with Gasteiger partial charge in [-0.05, 0) is 31.5 Å². The van der Waals surface area contributed by atoms with Crippen molar-refractivity contribution in [2.24, 2.45) is 0 Å². The average molecular weight is 204 g/mol. The Morgan fingerprint density at radius 1 is 1.50 bits per heavy atom. The molecule has 0 aliphatic rings. The number of aryl methyl sites for hydroxylation is 1. The molecule has 1 aromatic rings. The molecule has 14 heavy (non-hydrogen) atoms. The fraction of sp³-hybridized carbons (Fsp3) is 0.250. The third-order valence-electron chi connectivity index (χ3n) is 1.94. The van der Waals surface area contributed by atoms with Gasteiger partial charge in [0.15, 0.2) is 5.78 Å². The summed E-state index contributed by atoms with van der Waals surface area (Å²) in [6.07, 6.45) is 0. The van der Waals surface area contributed by atoms with Crippen LogP contribution in [0.5, 0.6) is 0 Å². The minimum absolute atomic E-state index is 0.0850. The number of carbonyl (C=O) groups excluding carboxylic acids is 1. The second-order valence-electron chi connectivity index (χ2n) is 3.05. The third-order valence-corrected chi connectivity index (χ3v) is 2.09. The number of ketones is 1. The first-order valence-corrected chi connectivity index (χ1v) is 4.99. The van der Waals surface area contributed by atoms with Crippen molar-refractivity contribution >= 4 is 18.4 Å². The summed E-state index contributed by atoms with van der Waals surface area (Å²) in [5, 5.41) is 0. The van der Waals surface area contributed by atoms with Gasteiger partial charge in [0.05, 0.1) is 5.75 Å². The van der Waals surface area contributed by atoms with Crippen LogP contribution in [0, 0.1) is 18.8 Å². The SMILES string of the molecule is CC(=O)c1ccc(C#CCS)c(C)c1. The van der Waals surface area contributed by atoms with Gasteiger partial charge in [0.1, 0.15) is 0 Å². The Bertz CT molecular complexity index is 410. The van der Waals surface area contributed by atoms with E-state index in [1.165, 1.54) is 0 Å². The van der Waals surface area contributed by atoms with Crippen molar-refractivity contribution in [1.82, 2.24) is 0 Å². The van der Waals surface area contributed by atoms with Crippen molar-refractivity contribution in [1.29, 1.82) is 0 Å². The van der Waals surface area contributed by atoms with Crippen molar-refractivity contribution < 1.29 is 4.79 Å². The lowest BCUT2D eigenvalue weighted by molar-refractivity contribution is 0.101. The van der Waals surface area contributed by atoms with E-state index in [1.54, 1.807) is 13.0 Å². The molecule has 0 fully saturated rings. The molecule has 0 aliphatic heterocycles. The van der Waals surface area contributed by atoms with Gasteiger partial charge >= 0.3 is 0 Å². The molecule has 0 aliphatic carbocycles. The molecule has 0 amide bonds. The Morgan fingerprint density at radius 2 is 2.21 bits per heavy atom. The molecule has 0 bridgehead atoms. The summed E-state index contributed by atoms with van der Waals surface area (Å²) in [7, 11) is 0. The lowest BCUT2D eigenvalue weighted by Gasteiger charge is -2.00. The smallest absolute Gasteiger partial charge is 0.159 e. The van der Waals surface area contributed by atoms with E-state index in [2.05, 4.69) is 24.5 Å². The van der Waals surface area contributed by atoms with Crippen LogP contribution in [-0.2, 0) is 0 Å². The molecule has 72 valence electrons. The van der Waals surface area contributed by atoms with Gasteiger partial charge in [0.25, 0.3) is 0 Å². The maximum atomic E-state index is 11.1. The molecule has 0 N–H and O–H groups in total. The van der Waals surface area contributed by atoms with Crippen LogP contribution in [-0.4, -0.2) is 11.5 Å². The van der Waals surface area contributed by atoms with Crippen LogP contribution >= 0.6 is 12.6 Å². The van der Waals surface area contributed by atoms with E-state index < -0.39 is 0 Å². The van der Waals surface area contributed by atoms with Gasteiger partial charge in [-0.3, -0.25) is 4.79 Å². The summed E-state index contributed by atoms with van der Waals surface area (Å²) < 4.78 is 0. The first-order chi connectivity index (χ1) is 6.65. The molecule has 1 rings (SSSR count). The fourth-order valence-electron chi connectivity index (χ4n) is 1.16. The summed E-state index contributed by atoms with van der Waals surface area (Å²) in [5.41, 5.74) is 2.73. The predicted molar refractivity (Wildman–Crippen MR) is 61.9 cm³/mol. The zero-order chi connectivity index (χ0) is 10.6. The molecule has 0 heterocycles. The summed E-state index contributed by atoms with van der Waals surface area (Å²) in [6, 6.07) is 5.55. The van der Waals surface area contributed by atoms with Gasteiger partial charge < -0.3 is 0 Å². The van der Waals surface area contributed by atoms with Gasteiger partial charge in [-0.2, -0.15) is 12.6 Å². The van der Waals surface area contributed by atoms with E-state index in [0.717, 1.165) is 16.7 Å². The molecule has 0 spiro atoms. The maximum Gasteiger partial charge on any atom is 0.159 e. The lowest BCUT2D eigenvalue weighted by Crippen LogP contribution is -1.93. The molecule has 0 saturated heterocycles. The highest BCUT2D eigenvalue weighted by Gasteiger charge is 2.01.